The second-order valence-corrected chi connectivity index (χ2v) is 8.26. The van der Waals surface area contributed by atoms with Gasteiger partial charge >= 0.3 is 12.4 Å². The average Bonchev–Trinajstić information content (AvgIpc) is 2.76. The van der Waals surface area contributed by atoms with E-state index in [0.29, 0.717) is 13.1 Å². The summed E-state index contributed by atoms with van der Waals surface area (Å²) in [5, 5.41) is 0. The fourth-order valence-corrected chi connectivity index (χ4v) is 4.10. The highest BCUT2D eigenvalue weighted by molar-refractivity contribution is 7.99. The highest BCUT2D eigenvalue weighted by atomic mass is 32.2. The molecule has 170 valence electrons. The van der Waals surface area contributed by atoms with E-state index in [-0.39, 0.29) is 22.6 Å². The van der Waals surface area contributed by atoms with Crippen molar-refractivity contribution in [1.82, 2.24) is 4.90 Å². The molecule has 2 aromatic carbocycles. The van der Waals surface area contributed by atoms with Crippen LogP contribution in [0.5, 0.6) is 0 Å². The van der Waals surface area contributed by atoms with Gasteiger partial charge in [-0.3, -0.25) is 4.79 Å². The topological polar surface area (TPSA) is 20.3 Å². The molecule has 1 aliphatic heterocycles. The molecule has 0 atom stereocenters. The summed E-state index contributed by atoms with van der Waals surface area (Å²) in [5.41, 5.74) is -1.52. The number of benzene rings is 2. The summed E-state index contributed by atoms with van der Waals surface area (Å²) >= 11 is 1.73. The molecule has 1 saturated heterocycles. The Morgan fingerprint density at radius 2 is 1.34 bits per heavy atom. The zero-order valence-electron chi connectivity index (χ0n) is 16.7. The second kappa shape index (κ2) is 9.85. The molecule has 1 amide bonds. The van der Waals surface area contributed by atoms with Gasteiger partial charge in [0.1, 0.15) is 0 Å². The number of amides is 1. The normalized spacial score (nSPS) is 15.1. The maximum absolute atomic E-state index is 13.2. The first kappa shape index (κ1) is 24.0. The molecule has 1 fully saturated rings. The highest BCUT2D eigenvalue weighted by Gasteiger charge is 2.32. The third-order valence-electron chi connectivity index (χ3n) is 4.83. The van der Waals surface area contributed by atoms with Gasteiger partial charge in [0, 0.05) is 30.7 Å². The van der Waals surface area contributed by atoms with Crippen molar-refractivity contribution < 1.29 is 31.1 Å². The lowest BCUT2D eigenvalue weighted by Gasteiger charge is -2.25. The molecule has 0 N–H and O–H groups in total. The molecule has 0 aromatic heterocycles. The number of hydrogen-bond acceptors (Lipinski definition) is 2. The molecule has 0 radical (unpaired) electrons. The maximum Gasteiger partial charge on any atom is 0.416 e. The third kappa shape index (κ3) is 6.18. The fraction of sp³-hybridized carbons (Fsp3) is 0.261. The van der Waals surface area contributed by atoms with Crippen LogP contribution in [-0.4, -0.2) is 35.4 Å². The molecule has 2 aromatic rings. The van der Waals surface area contributed by atoms with Crippen molar-refractivity contribution in [2.75, 3.05) is 24.6 Å². The Labute approximate surface area is 185 Å². The van der Waals surface area contributed by atoms with E-state index in [9.17, 15) is 31.1 Å². The van der Waals surface area contributed by atoms with Gasteiger partial charge < -0.3 is 4.90 Å². The third-order valence-corrected chi connectivity index (χ3v) is 5.77. The van der Waals surface area contributed by atoms with Crippen molar-refractivity contribution in [3.05, 3.63) is 89.0 Å². The fourth-order valence-electron chi connectivity index (χ4n) is 3.20. The molecule has 0 aliphatic carbocycles. The van der Waals surface area contributed by atoms with Crippen LogP contribution in [0.25, 0.3) is 5.57 Å². The molecular weight excluding hydrogens is 452 g/mol. The van der Waals surface area contributed by atoms with Gasteiger partial charge in [0.2, 0.25) is 5.91 Å². The van der Waals surface area contributed by atoms with Crippen LogP contribution in [0.3, 0.4) is 0 Å². The van der Waals surface area contributed by atoms with Crippen LogP contribution in [-0.2, 0) is 17.1 Å². The predicted molar refractivity (Wildman–Crippen MR) is 113 cm³/mol. The van der Waals surface area contributed by atoms with Crippen molar-refractivity contribution in [2.45, 2.75) is 12.4 Å². The van der Waals surface area contributed by atoms with E-state index < -0.39 is 23.5 Å². The van der Waals surface area contributed by atoms with Gasteiger partial charge in [-0.2, -0.15) is 38.1 Å². The van der Waals surface area contributed by atoms with Gasteiger partial charge in [-0.15, -0.1) is 0 Å². The molecule has 9 heteroatoms. The molecule has 0 saturated carbocycles. The molecule has 0 spiro atoms. The van der Waals surface area contributed by atoms with E-state index in [1.807, 2.05) is 0 Å². The van der Waals surface area contributed by atoms with Gasteiger partial charge in [0.05, 0.1) is 11.1 Å². The Morgan fingerprint density at radius 3 is 1.81 bits per heavy atom. The SMILES string of the molecule is O=C(/C=C/C=C(c1cccc(C(F)(F)F)c1)c1cccc(C(F)(F)F)c1)N1CCSCC1. The maximum atomic E-state index is 13.2. The predicted octanol–water partition coefficient (Wildman–Crippen LogP) is 6.29. The molecule has 0 bridgehead atoms. The molecule has 1 aliphatic rings. The summed E-state index contributed by atoms with van der Waals surface area (Å²) in [6.07, 6.45) is -5.21. The zero-order chi connectivity index (χ0) is 23.4. The largest absolute Gasteiger partial charge is 0.416 e. The first-order valence-electron chi connectivity index (χ1n) is 9.66. The van der Waals surface area contributed by atoms with Crippen LogP contribution in [0.15, 0.2) is 66.8 Å². The van der Waals surface area contributed by atoms with Crippen LogP contribution in [0.4, 0.5) is 26.3 Å². The van der Waals surface area contributed by atoms with Gasteiger partial charge in [-0.25, -0.2) is 0 Å². The Morgan fingerprint density at radius 1 is 0.844 bits per heavy atom. The first-order chi connectivity index (χ1) is 15.1. The molecular formula is C23H19F6NOS. The van der Waals surface area contributed by atoms with Crippen LogP contribution < -0.4 is 0 Å². The molecule has 0 unspecified atom stereocenters. The summed E-state index contributed by atoms with van der Waals surface area (Å²) in [6.45, 7) is 1.18. The quantitative estimate of drug-likeness (QED) is 0.297. The monoisotopic (exact) mass is 471 g/mol. The summed E-state index contributed by atoms with van der Waals surface area (Å²) in [6, 6.07) is 8.70. The van der Waals surface area contributed by atoms with Gasteiger partial charge in [0.25, 0.3) is 0 Å². The molecule has 2 nitrogen and oxygen atoms in total. The summed E-state index contributed by atoms with van der Waals surface area (Å²) in [5.74, 6) is 1.37. The number of rotatable bonds is 4. The van der Waals surface area contributed by atoms with Crippen molar-refractivity contribution in [3.63, 3.8) is 0 Å². The Kier molecular flexibility index (Phi) is 7.38. The van der Waals surface area contributed by atoms with E-state index in [4.69, 9.17) is 0 Å². The number of thioether (sulfide) groups is 1. The van der Waals surface area contributed by atoms with Gasteiger partial charge in [0.15, 0.2) is 0 Å². The van der Waals surface area contributed by atoms with Gasteiger partial charge in [-0.1, -0.05) is 36.4 Å². The lowest BCUT2D eigenvalue weighted by Crippen LogP contribution is -2.36. The van der Waals surface area contributed by atoms with Crippen molar-refractivity contribution in [3.8, 4) is 0 Å². The number of carbonyl (C=O) groups is 1. The van der Waals surface area contributed by atoms with Crippen LogP contribution in [0.1, 0.15) is 22.3 Å². The average molecular weight is 471 g/mol. The zero-order valence-corrected chi connectivity index (χ0v) is 17.5. The van der Waals surface area contributed by atoms with E-state index in [1.165, 1.54) is 42.5 Å². The lowest BCUT2D eigenvalue weighted by atomic mass is 9.94. The number of allylic oxidation sites excluding steroid dienone is 2. The minimum absolute atomic E-state index is 0.0885. The summed E-state index contributed by atoms with van der Waals surface area (Å²) in [4.78, 5) is 14.0. The van der Waals surface area contributed by atoms with E-state index in [1.54, 1.807) is 16.7 Å². The molecule has 3 rings (SSSR count). The highest BCUT2D eigenvalue weighted by Crippen LogP contribution is 2.35. The number of nitrogens with zero attached hydrogens (tertiary/aromatic N) is 1. The summed E-state index contributed by atoms with van der Waals surface area (Å²) < 4.78 is 79.1. The number of hydrogen-bond donors (Lipinski definition) is 0. The van der Waals surface area contributed by atoms with Crippen molar-refractivity contribution in [1.29, 1.82) is 0 Å². The van der Waals surface area contributed by atoms with E-state index >= 15 is 0 Å². The van der Waals surface area contributed by atoms with E-state index in [2.05, 4.69) is 0 Å². The Bertz CT molecular complexity index is 960. The minimum Gasteiger partial charge on any atom is -0.338 e. The van der Waals surface area contributed by atoms with Gasteiger partial charge in [-0.05, 0) is 41.0 Å². The van der Waals surface area contributed by atoms with Crippen molar-refractivity contribution in [2.24, 2.45) is 0 Å². The second-order valence-electron chi connectivity index (χ2n) is 7.03. The Balaban J connectivity index is 2.01. The van der Waals surface area contributed by atoms with Crippen molar-refractivity contribution >= 4 is 23.2 Å². The number of halogens is 6. The van der Waals surface area contributed by atoms with Crippen LogP contribution in [0, 0.1) is 0 Å². The first-order valence-corrected chi connectivity index (χ1v) is 10.8. The summed E-state index contributed by atoms with van der Waals surface area (Å²) in [7, 11) is 0. The number of carbonyl (C=O) groups excluding carboxylic acids is 1. The number of alkyl halides is 6. The lowest BCUT2D eigenvalue weighted by molar-refractivity contribution is -0.138. The van der Waals surface area contributed by atoms with Crippen LogP contribution in [0.2, 0.25) is 0 Å². The standard InChI is InChI=1S/C23H19F6NOS/c24-22(25,26)18-6-1-4-16(14-18)20(17-5-2-7-19(15-17)23(27,28)29)8-3-9-21(31)30-10-12-32-13-11-30/h1-9,14-15H,10-13H2/b9-3+. The molecule has 32 heavy (non-hydrogen) atoms. The Hall–Kier alpha value is -2.68. The van der Waals surface area contributed by atoms with Crippen LogP contribution >= 0.6 is 11.8 Å². The molecule has 1 heterocycles. The smallest absolute Gasteiger partial charge is 0.338 e. The van der Waals surface area contributed by atoms with E-state index in [0.717, 1.165) is 35.8 Å². The minimum atomic E-state index is -4.60.